The predicted octanol–water partition coefficient (Wildman–Crippen LogP) is 3.64. The second-order valence-corrected chi connectivity index (χ2v) is 5.05. The molecule has 0 bridgehead atoms. The van der Waals surface area contributed by atoms with Crippen molar-refractivity contribution in [1.29, 1.82) is 0 Å². The topological polar surface area (TPSA) is 64.3 Å². The van der Waals surface area contributed by atoms with Crippen molar-refractivity contribution in [3.63, 3.8) is 0 Å². The maximum atomic E-state index is 12.2. The zero-order valence-electron chi connectivity index (χ0n) is 12.9. The first kappa shape index (κ1) is 16.0. The van der Waals surface area contributed by atoms with Crippen molar-refractivity contribution >= 4 is 17.3 Å². The highest BCUT2D eigenvalue weighted by Gasteiger charge is 2.30. The van der Waals surface area contributed by atoms with Gasteiger partial charge in [0.05, 0.1) is 0 Å². The molecule has 0 fully saturated rings. The Morgan fingerprint density at radius 1 is 1.21 bits per heavy atom. The molecule has 0 amide bonds. The summed E-state index contributed by atoms with van der Waals surface area (Å²) >= 11 is 0. The number of anilines is 2. The van der Waals surface area contributed by atoms with Crippen LogP contribution in [0.25, 0.3) is 5.78 Å². The minimum atomic E-state index is -4.71. The van der Waals surface area contributed by atoms with Crippen molar-refractivity contribution in [2.45, 2.75) is 26.6 Å². The second-order valence-electron chi connectivity index (χ2n) is 5.05. The van der Waals surface area contributed by atoms with Gasteiger partial charge in [0, 0.05) is 16.9 Å². The molecule has 0 saturated heterocycles. The highest BCUT2D eigenvalue weighted by atomic mass is 19.4. The Morgan fingerprint density at radius 2 is 1.92 bits per heavy atom. The molecule has 1 N–H and O–H groups in total. The second kappa shape index (κ2) is 5.99. The highest BCUT2D eigenvalue weighted by Crippen LogP contribution is 2.27. The Balaban J connectivity index is 1.93. The van der Waals surface area contributed by atoms with Crippen LogP contribution >= 0.6 is 0 Å². The van der Waals surface area contributed by atoms with Gasteiger partial charge in [-0.3, -0.25) is 0 Å². The monoisotopic (exact) mass is 337 g/mol. The lowest BCUT2D eigenvalue weighted by molar-refractivity contribution is -0.274. The standard InChI is InChI=1S/C15H14F3N5O/c1-3-12-9(2)21-14-19-8-20-23(14)13(12)22-10-4-6-11(7-5-10)24-15(16,17)18/h4-8,22H,3H2,1-2H3. The summed E-state index contributed by atoms with van der Waals surface area (Å²) < 4.78 is 42.0. The lowest BCUT2D eigenvalue weighted by Gasteiger charge is -2.15. The van der Waals surface area contributed by atoms with Gasteiger partial charge in [-0.1, -0.05) is 6.92 Å². The fourth-order valence-electron chi connectivity index (χ4n) is 2.41. The maximum absolute atomic E-state index is 12.2. The lowest BCUT2D eigenvalue weighted by Crippen LogP contribution is -2.17. The van der Waals surface area contributed by atoms with Gasteiger partial charge in [-0.15, -0.1) is 13.2 Å². The summed E-state index contributed by atoms with van der Waals surface area (Å²) in [6, 6.07) is 5.49. The molecule has 9 heteroatoms. The number of aromatic nitrogens is 4. The first-order valence-corrected chi connectivity index (χ1v) is 7.19. The van der Waals surface area contributed by atoms with Crippen molar-refractivity contribution in [1.82, 2.24) is 19.6 Å². The molecule has 0 atom stereocenters. The van der Waals surface area contributed by atoms with Gasteiger partial charge in [-0.2, -0.15) is 14.6 Å². The number of alkyl halides is 3. The van der Waals surface area contributed by atoms with E-state index in [0.717, 1.165) is 11.3 Å². The van der Waals surface area contributed by atoms with Gasteiger partial charge in [-0.05, 0) is 37.6 Å². The maximum Gasteiger partial charge on any atom is 0.573 e. The third-order valence-corrected chi connectivity index (χ3v) is 3.44. The number of halogens is 3. The van der Waals surface area contributed by atoms with Crippen LogP contribution in [0.15, 0.2) is 30.6 Å². The van der Waals surface area contributed by atoms with Gasteiger partial charge >= 0.3 is 6.36 Å². The number of hydrogen-bond donors (Lipinski definition) is 1. The van der Waals surface area contributed by atoms with E-state index >= 15 is 0 Å². The summed E-state index contributed by atoms with van der Waals surface area (Å²) in [5.41, 5.74) is 2.36. The van der Waals surface area contributed by atoms with Crippen LogP contribution in [0, 0.1) is 6.92 Å². The van der Waals surface area contributed by atoms with Gasteiger partial charge in [0.1, 0.15) is 17.9 Å². The van der Waals surface area contributed by atoms with Crippen molar-refractivity contribution in [3.8, 4) is 5.75 Å². The minimum absolute atomic E-state index is 0.277. The first-order valence-electron chi connectivity index (χ1n) is 7.19. The Labute approximate surface area is 135 Å². The molecule has 0 unspecified atom stereocenters. The quantitative estimate of drug-likeness (QED) is 0.787. The Bertz CT molecular complexity index is 858. The normalized spacial score (nSPS) is 11.7. The third-order valence-electron chi connectivity index (χ3n) is 3.44. The number of ether oxygens (including phenoxy) is 1. The molecule has 0 radical (unpaired) electrons. The number of aryl methyl sites for hydroxylation is 1. The van der Waals surface area contributed by atoms with E-state index in [0.29, 0.717) is 23.7 Å². The molecule has 0 aliphatic carbocycles. The zero-order valence-corrected chi connectivity index (χ0v) is 12.9. The molecule has 3 rings (SSSR count). The summed E-state index contributed by atoms with van der Waals surface area (Å²) in [7, 11) is 0. The van der Waals surface area contributed by atoms with Gasteiger partial charge in [0.2, 0.25) is 0 Å². The van der Waals surface area contributed by atoms with Crippen molar-refractivity contribution in [2.24, 2.45) is 0 Å². The van der Waals surface area contributed by atoms with Crippen LogP contribution in [0.5, 0.6) is 5.75 Å². The van der Waals surface area contributed by atoms with E-state index in [1.165, 1.54) is 30.6 Å². The SMILES string of the molecule is CCc1c(C)nc2ncnn2c1Nc1ccc(OC(F)(F)F)cc1. The first-order chi connectivity index (χ1) is 11.4. The summed E-state index contributed by atoms with van der Waals surface area (Å²) in [4.78, 5) is 8.43. The molecular weight excluding hydrogens is 323 g/mol. The Morgan fingerprint density at radius 3 is 2.54 bits per heavy atom. The number of fused-ring (bicyclic) bond motifs is 1. The molecule has 1 aromatic carbocycles. The van der Waals surface area contributed by atoms with E-state index in [4.69, 9.17) is 0 Å². The molecule has 2 heterocycles. The number of rotatable bonds is 4. The molecule has 2 aromatic heterocycles. The van der Waals surface area contributed by atoms with Crippen LogP contribution in [0.1, 0.15) is 18.2 Å². The van der Waals surface area contributed by atoms with E-state index in [2.05, 4.69) is 25.1 Å². The molecule has 3 aromatic rings. The van der Waals surface area contributed by atoms with Gasteiger partial charge < -0.3 is 10.1 Å². The van der Waals surface area contributed by atoms with Crippen LogP contribution < -0.4 is 10.1 Å². The van der Waals surface area contributed by atoms with Crippen molar-refractivity contribution < 1.29 is 17.9 Å². The molecule has 24 heavy (non-hydrogen) atoms. The van der Waals surface area contributed by atoms with E-state index in [9.17, 15) is 13.2 Å². The van der Waals surface area contributed by atoms with Gasteiger partial charge in [0.25, 0.3) is 5.78 Å². The Kier molecular flexibility index (Phi) is 4.00. The summed E-state index contributed by atoms with van der Waals surface area (Å²) in [6.07, 6.45) is -2.60. The van der Waals surface area contributed by atoms with Crippen LogP contribution in [0.3, 0.4) is 0 Å². The molecule has 0 aliphatic heterocycles. The molecule has 0 saturated carbocycles. The molecule has 126 valence electrons. The lowest BCUT2D eigenvalue weighted by atomic mass is 10.1. The number of benzene rings is 1. The Hall–Kier alpha value is -2.84. The summed E-state index contributed by atoms with van der Waals surface area (Å²) in [6.45, 7) is 3.86. The van der Waals surface area contributed by atoms with E-state index in [1.54, 1.807) is 4.52 Å². The van der Waals surface area contributed by atoms with Crippen LogP contribution in [0.2, 0.25) is 0 Å². The van der Waals surface area contributed by atoms with Crippen LogP contribution in [0.4, 0.5) is 24.7 Å². The van der Waals surface area contributed by atoms with E-state index in [1.807, 2.05) is 13.8 Å². The average Bonchev–Trinajstić information content (AvgIpc) is 2.96. The molecule has 0 spiro atoms. The van der Waals surface area contributed by atoms with Crippen LogP contribution in [-0.2, 0) is 6.42 Å². The number of nitrogens with zero attached hydrogens (tertiary/aromatic N) is 4. The average molecular weight is 337 g/mol. The fourth-order valence-corrected chi connectivity index (χ4v) is 2.41. The van der Waals surface area contributed by atoms with E-state index in [-0.39, 0.29) is 5.75 Å². The fraction of sp³-hybridized carbons (Fsp3) is 0.267. The van der Waals surface area contributed by atoms with Crippen molar-refractivity contribution in [2.75, 3.05) is 5.32 Å². The van der Waals surface area contributed by atoms with Gasteiger partial charge in [0.15, 0.2) is 0 Å². The zero-order chi connectivity index (χ0) is 17.3. The molecular formula is C15H14F3N5O. The van der Waals surface area contributed by atoms with Crippen molar-refractivity contribution in [3.05, 3.63) is 41.9 Å². The summed E-state index contributed by atoms with van der Waals surface area (Å²) in [5, 5.41) is 7.30. The summed E-state index contributed by atoms with van der Waals surface area (Å²) in [5.74, 6) is 0.854. The van der Waals surface area contributed by atoms with Crippen LogP contribution in [-0.4, -0.2) is 25.9 Å². The third kappa shape index (κ3) is 3.24. The molecule has 0 aliphatic rings. The predicted molar refractivity (Wildman–Crippen MR) is 81.3 cm³/mol. The smallest absolute Gasteiger partial charge is 0.406 e. The highest BCUT2D eigenvalue weighted by molar-refractivity contribution is 5.63. The largest absolute Gasteiger partial charge is 0.573 e. The number of nitrogens with one attached hydrogen (secondary N) is 1. The van der Waals surface area contributed by atoms with Gasteiger partial charge in [-0.25, -0.2) is 4.98 Å². The number of hydrogen-bond acceptors (Lipinski definition) is 5. The van der Waals surface area contributed by atoms with E-state index < -0.39 is 6.36 Å². The molecule has 6 nitrogen and oxygen atoms in total. The minimum Gasteiger partial charge on any atom is -0.406 e.